The van der Waals surface area contributed by atoms with E-state index in [1.165, 1.54) is 6.08 Å². The summed E-state index contributed by atoms with van der Waals surface area (Å²) in [7, 11) is 0. The summed E-state index contributed by atoms with van der Waals surface area (Å²) in [5.41, 5.74) is 12.4. The Bertz CT molecular complexity index is 1120. The molecule has 2 aromatic carbocycles. The van der Waals surface area contributed by atoms with E-state index >= 15 is 0 Å². The maximum atomic E-state index is 12.8. The molecule has 0 amide bonds. The minimum atomic E-state index is -0.147. The Morgan fingerprint density at radius 1 is 0.857 bits per heavy atom. The van der Waals surface area contributed by atoms with Gasteiger partial charge >= 0.3 is 0 Å². The molecule has 0 radical (unpaired) electrons. The number of carbonyl (C=O) groups is 1. The van der Waals surface area contributed by atoms with Crippen LogP contribution in [0, 0.1) is 0 Å². The van der Waals surface area contributed by atoms with Crippen molar-refractivity contribution in [3.63, 3.8) is 0 Å². The molecule has 3 N–H and O–H groups in total. The summed E-state index contributed by atoms with van der Waals surface area (Å²) in [5.74, 6) is -0.147. The summed E-state index contributed by atoms with van der Waals surface area (Å²) in [6.45, 7) is 16.8. The molecule has 0 spiro atoms. The van der Waals surface area contributed by atoms with Crippen LogP contribution in [0.3, 0.4) is 0 Å². The number of aliphatic imine (C=N–C) groups is 1. The minimum Gasteiger partial charge on any atom is -0.397 e. The van der Waals surface area contributed by atoms with Gasteiger partial charge in [0.1, 0.15) is 0 Å². The first-order valence-corrected chi connectivity index (χ1v) is 12.5. The fraction of sp³-hybridized carbons (Fsp3) is 0.379. The second-order valence-electron chi connectivity index (χ2n) is 9.37. The van der Waals surface area contributed by atoms with Crippen LogP contribution in [-0.4, -0.2) is 36.7 Å². The van der Waals surface area contributed by atoms with E-state index in [1.54, 1.807) is 0 Å². The van der Waals surface area contributed by atoms with Crippen molar-refractivity contribution in [3.8, 4) is 0 Å². The number of rotatable bonds is 9. The standard InChI is InChI=1S/C29H39N5O/c1-8-33(19(3)4)24-14-10-22(11-15-24)31-28-21(7)29(27(35)18-26(28)30)32-23-12-16-25(17-13-23)34(9-2)20(5)6/h10-20,32H,8-9,30H2,1-7H3. The summed E-state index contributed by atoms with van der Waals surface area (Å²) in [5, 5.41) is 3.30. The van der Waals surface area contributed by atoms with Crippen LogP contribution < -0.4 is 20.9 Å². The average molecular weight is 474 g/mol. The third-order valence-electron chi connectivity index (χ3n) is 6.36. The van der Waals surface area contributed by atoms with Gasteiger partial charge in [0, 0.05) is 53.9 Å². The fourth-order valence-electron chi connectivity index (χ4n) is 4.53. The lowest BCUT2D eigenvalue weighted by Crippen LogP contribution is -2.30. The first-order valence-electron chi connectivity index (χ1n) is 12.5. The monoisotopic (exact) mass is 473 g/mol. The molecule has 0 unspecified atom stereocenters. The highest BCUT2D eigenvalue weighted by Crippen LogP contribution is 2.27. The number of nitrogens with two attached hydrogens (primary N) is 1. The number of anilines is 3. The highest BCUT2D eigenvalue weighted by molar-refractivity contribution is 6.25. The van der Waals surface area contributed by atoms with Crippen molar-refractivity contribution in [1.29, 1.82) is 0 Å². The van der Waals surface area contributed by atoms with Crippen molar-refractivity contribution in [2.24, 2.45) is 10.7 Å². The van der Waals surface area contributed by atoms with Crippen molar-refractivity contribution in [3.05, 3.63) is 71.6 Å². The van der Waals surface area contributed by atoms with Crippen LogP contribution in [0.5, 0.6) is 0 Å². The predicted molar refractivity (Wildman–Crippen MR) is 150 cm³/mol. The van der Waals surface area contributed by atoms with Gasteiger partial charge in [0.25, 0.3) is 0 Å². The van der Waals surface area contributed by atoms with Crippen LogP contribution in [0.25, 0.3) is 0 Å². The van der Waals surface area contributed by atoms with Gasteiger partial charge < -0.3 is 20.9 Å². The topological polar surface area (TPSA) is 74.0 Å². The summed E-state index contributed by atoms with van der Waals surface area (Å²) in [6, 6.07) is 17.1. The minimum absolute atomic E-state index is 0.147. The van der Waals surface area contributed by atoms with Gasteiger partial charge in [-0.1, -0.05) is 0 Å². The Morgan fingerprint density at radius 3 is 1.80 bits per heavy atom. The molecule has 1 aliphatic rings. The van der Waals surface area contributed by atoms with Gasteiger partial charge in [-0.15, -0.1) is 0 Å². The molecule has 6 heteroatoms. The summed E-state index contributed by atoms with van der Waals surface area (Å²) < 4.78 is 0. The number of hydrogen-bond acceptors (Lipinski definition) is 6. The van der Waals surface area contributed by atoms with E-state index in [-0.39, 0.29) is 5.78 Å². The lowest BCUT2D eigenvalue weighted by molar-refractivity contribution is -0.111. The Labute approximate surface area is 210 Å². The molecule has 0 saturated heterocycles. The fourth-order valence-corrected chi connectivity index (χ4v) is 4.53. The van der Waals surface area contributed by atoms with E-state index < -0.39 is 0 Å². The second-order valence-corrected chi connectivity index (χ2v) is 9.37. The van der Waals surface area contributed by atoms with E-state index in [9.17, 15) is 4.79 Å². The summed E-state index contributed by atoms with van der Waals surface area (Å²) in [4.78, 5) is 22.2. The normalized spacial score (nSPS) is 15.2. The molecule has 35 heavy (non-hydrogen) atoms. The number of ketones is 1. The molecule has 0 bridgehead atoms. The Hall–Kier alpha value is -3.54. The maximum absolute atomic E-state index is 12.8. The number of carbonyl (C=O) groups excluding carboxylic acids is 1. The smallest absolute Gasteiger partial charge is 0.204 e. The zero-order valence-corrected chi connectivity index (χ0v) is 22.1. The molecule has 3 rings (SSSR count). The SMILES string of the molecule is CCN(c1ccc(N=C2C(N)=CC(=O)C(Nc3ccc(N(CC)C(C)C)cc3)=C2C)cc1)C(C)C. The van der Waals surface area contributed by atoms with Crippen molar-refractivity contribution >= 4 is 34.2 Å². The molecule has 0 aliphatic heterocycles. The van der Waals surface area contributed by atoms with Gasteiger partial charge in [0.15, 0.2) is 0 Å². The van der Waals surface area contributed by atoms with E-state index in [1.807, 2.05) is 31.2 Å². The summed E-state index contributed by atoms with van der Waals surface area (Å²) in [6.07, 6.45) is 1.45. The third kappa shape index (κ3) is 5.94. The van der Waals surface area contributed by atoms with Gasteiger partial charge in [-0.3, -0.25) is 4.79 Å². The number of nitrogens with zero attached hydrogens (tertiary/aromatic N) is 3. The molecule has 0 fully saturated rings. The molecule has 1 aliphatic carbocycles. The molecule has 186 valence electrons. The number of allylic oxidation sites excluding steroid dienone is 2. The van der Waals surface area contributed by atoms with Crippen LogP contribution in [0.2, 0.25) is 0 Å². The van der Waals surface area contributed by atoms with Crippen LogP contribution >= 0.6 is 0 Å². The van der Waals surface area contributed by atoms with E-state index in [0.29, 0.717) is 29.2 Å². The summed E-state index contributed by atoms with van der Waals surface area (Å²) >= 11 is 0. The predicted octanol–water partition coefficient (Wildman–Crippen LogP) is 6.04. The highest BCUT2D eigenvalue weighted by Gasteiger charge is 2.23. The van der Waals surface area contributed by atoms with Gasteiger partial charge in [0.05, 0.1) is 22.8 Å². The quantitative estimate of drug-likeness (QED) is 0.434. The third-order valence-corrected chi connectivity index (χ3v) is 6.36. The molecular formula is C29H39N5O. The van der Waals surface area contributed by atoms with Crippen molar-refractivity contribution in [1.82, 2.24) is 0 Å². The highest BCUT2D eigenvalue weighted by atomic mass is 16.1. The molecule has 0 heterocycles. The maximum Gasteiger partial charge on any atom is 0.204 e. The van der Waals surface area contributed by atoms with Gasteiger partial charge in [0.2, 0.25) is 5.78 Å². The molecule has 2 aromatic rings. The van der Waals surface area contributed by atoms with Gasteiger partial charge in [-0.25, -0.2) is 4.99 Å². The van der Waals surface area contributed by atoms with Crippen molar-refractivity contribution < 1.29 is 4.79 Å². The Kier molecular flexibility index (Phi) is 8.39. The van der Waals surface area contributed by atoms with Gasteiger partial charge in [-0.05, 0) is 97.0 Å². The van der Waals surface area contributed by atoms with Crippen LogP contribution in [-0.2, 0) is 4.79 Å². The molecular weight excluding hydrogens is 434 g/mol. The van der Waals surface area contributed by atoms with E-state index in [0.717, 1.165) is 41.4 Å². The zero-order chi connectivity index (χ0) is 25.7. The van der Waals surface area contributed by atoms with E-state index in [2.05, 4.69) is 80.9 Å². The van der Waals surface area contributed by atoms with Crippen molar-refractivity contribution in [2.45, 2.75) is 60.5 Å². The number of hydrogen-bond donors (Lipinski definition) is 2. The van der Waals surface area contributed by atoms with Crippen molar-refractivity contribution in [2.75, 3.05) is 28.2 Å². The zero-order valence-electron chi connectivity index (χ0n) is 22.1. The average Bonchev–Trinajstić information content (AvgIpc) is 2.82. The first kappa shape index (κ1) is 26.1. The lowest BCUT2D eigenvalue weighted by atomic mass is 9.97. The lowest BCUT2D eigenvalue weighted by Gasteiger charge is -2.27. The largest absolute Gasteiger partial charge is 0.397 e. The molecule has 0 saturated carbocycles. The molecule has 0 atom stereocenters. The Balaban J connectivity index is 1.87. The second kappa shape index (κ2) is 11.3. The van der Waals surface area contributed by atoms with Crippen LogP contribution in [0.4, 0.5) is 22.7 Å². The van der Waals surface area contributed by atoms with E-state index in [4.69, 9.17) is 10.7 Å². The van der Waals surface area contributed by atoms with Crippen LogP contribution in [0.1, 0.15) is 48.5 Å². The molecule has 0 aromatic heterocycles. The Morgan fingerprint density at radius 2 is 1.34 bits per heavy atom. The van der Waals surface area contributed by atoms with Gasteiger partial charge in [-0.2, -0.15) is 0 Å². The van der Waals surface area contributed by atoms with Crippen LogP contribution in [0.15, 0.2) is 76.6 Å². The first-order chi connectivity index (χ1) is 16.7. The number of nitrogens with one attached hydrogen (secondary N) is 1. The molecule has 6 nitrogen and oxygen atoms in total. The number of benzene rings is 2.